The average molecular weight is 379 g/mol. The van der Waals surface area contributed by atoms with E-state index in [1.165, 1.54) is 0 Å². The Morgan fingerprint density at radius 3 is 2.58 bits per heavy atom. The molecule has 0 aromatic carbocycles. The van der Waals surface area contributed by atoms with Gasteiger partial charge < -0.3 is 4.90 Å². The maximum absolute atomic E-state index is 12.6. The molecule has 2 aliphatic rings. The number of carbonyl (C=O) groups excluding carboxylic acids is 1. The lowest BCUT2D eigenvalue weighted by atomic mass is 10.2. The van der Waals surface area contributed by atoms with Crippen molar-refractivity contribution in [3.8, 4) is 0 Å². The summed E-state index contributed by atoms with van der Waals surface area (Å²) < 4.78 is 37.9. The average Bonchev–Trinajstić information content (AvgIpc) is 3.36. The van der Waals surface area contributed by atoms with Crippen molar-refractivity contribution >= 4 is 29.3 Å². The highest BCUT2D eigenvalue weighted by Gasteiger charge is 2.41. The van der Waals surface area contributed by atoms with E-state index in [1.54, 1.807) is 0 Å². The smallest absolute Gasteiger partial charge is 0.336 e. The summed E-state index contributed by atoms with van der Waals surface area (Å²) in [7, 11) is 0. The third-order valence-electron chi connectivity index (χ3n) is 4.44. The van der Waals surface area contributed by atoms with Gasteiger partial charge in [-0.3, -0.25) is 4.79 Å². The molecule has 0 bridgehead atoms. The highest BCUT2D eigenvalue weighted by atomic mass is 35.5. The molecular formula is C16H18ClF3N2OS. The molecule has 0 saturated heterocycles. The molecule has 0 N–H and O–H groups in total. The number of halogens is 4. The minimum Gasteiger partial charge on any atom is -0.336 e. The molecule has 1 aromatic heterocycles. The van der Waals surface area contributed by atoms with Gasteiger partial charge in [-0.2, -0.15) is 13.2 Å². The van der Waals surface area contributed by atoms with E-state index in [1.807, 2.05) is 4.90 Å². The summed E-state index contributed by atoms with van der Waals surface area (Å²) in [5, 5.41) is 0.184. The molecule has 0 spiro atoms. The second-order valence-electron chi connectivity index (χ2n) is 6.41. The lowest BCUT2D eigenvalue weighted by Crippen LogP contribution is -2.42. The van der Waals surface area contributed by atoms with Crippen molar-refractivity contribution in [2.24, 2.45) is 5.92 Å². The monoisotopic (exact) mass is 378 g/mol. The number of carbonyl (C=O) groups is 1. The zero-order valence-electron chi connectivity index (χ0n) is 13.1. The van der Waals surface area contributed by atoms with E-state index >= 15 is 0 Å². The predicted octanol–water partition coefficient (Wildman–Crippen LogP) is 4.64. The Labute approximate surface area is 147 Å². The molecule has 2 aliphatic carbocycles. The summed E-state index contributed by atoms with van der Waals surface area (Å²) in [5.41, 5.74) is -0.884. The third kappa shape index (κ3) is 4.17. The fourth-order valence-electron chi connectivity index (χ4n) is 2.81. The van der Waals surface area contributed by atoms with E-state index < -0.39 is 11.7 Å². The van der Waals surface area contributed by atoms with Gasteiger partial charge in [0.25, 0.3) is 0 Å². The second kappa shape index (κ2) is 6.75. The summed E-state index contributed by atoms with van der Waals surface area (Å²) in [6, 6.07) is 1.42. The van der Waals surface area contributed by atoms with Gasteiger partial charge in [0.1, 0.15) is 5.03 Å². The predicted molar refractivity (Wildman–Crippen MR) is 87.0 cm³/mol. The number of thioether (sulfide) groups is 1. The van der Waals surface area contributed by atoms with Gasteiger partial charge in [0.2, 0.25) is 5.91 Å². The quantitative estimate of drug-likeness (QED) is 0.676. The van der Waals surface area contributed by atoms with Gasteiger partial charge >= 0.3 is 6.18 Å². The number of aromatic nitrogens is 1. The summed E-state index contributed by atoms with van der Waals surface area (Å²) >= 11 is 6.98. The normalized spacial score (nSPS) is 19.2. The van der Waals surface area contributed by atoms with E-state index in [0.717, 1.165) is 49.7 Å². The highest BCUT2D eigenvalue weighted by Crippen LogP contribution is 2.40. The number of pyridine rings is 1. The molecule has 2 saturated carbocycles. The Morgan fingerprint density at radius 1 is 1.42 bits per heavy atom. The zero-order chi connectivity index (χ0) is 17.5. The number of nitrogens with zero attached hydrogens (tertiary/aromatic N) is 2. The van der Waals surface area contributed by atoms with Crippen LogP contribution in [0, 0.1) is 5.92 Å². The fraction of sp³-hybridized carbons (Fsp3) is 0.625. The molecule has 24 heavy (non-hydrogen) atoms. The number of rotatable bonds is 6. The second-order valence-corrected chi connectivity index (χ2v) is 7.78. The Balaban J connectivity index is 1.63. The molecule has 3 nitrogen and oxygen atoms in total. The zero-order valence-corrected chi connectivity index (χ0v) is 14.7. The molecule has 8 heteroatoms. The van der Waals surface area contributed by atoms with Crippen LogP contribution in [0.3, 0.4) is 0 Å². The molecule has 1 heterocycles. The Bertz CT molecular complexity index is 632. The topological polar surface area (TPSA) is 33.2 Å². The summed E-state index contributed by atoms with van der Waals surface area (Å²) in [5.74, 6) is 0.748. The van der Waals surface area contributed by atoms with Crippen LogP contribution in [0.1, 0.15) is 38.2 Å². The van der Waals surface area contributed by atoms with Crippen LogP contribution in [0.25, 0.3) is 0 Å². The van der Waals surface area contributed by atoms with Crippen molar-refractivity contribution < 1.29 is 18.0 Å². The minimum atomic E-state index is -4.47. The lowest BCUT2D eigenvalue weighted by Gasteiger charge is -2.29. The number of alkyl halides is 3. The molecular weight excluding hydrogens is 361 g/mol. The molecule has 0 aliphatic heterocycles. The lowest BCUT2D eigenvalue weighted by molar-refractivity contribution is -0.138. The molecule has 1 atom stereocenters. The van der Waals surface area contributed by atoms with Crippen molar-refractivity contribution in [1.82, 2.24) is 9.88 Å². The third-order valence-corrected chi connectivity index (χ3v) is 5.83. The van der Waals surface area contributed by atoms with Crippen molar-refractivity contribution in [1.29, 1.82) is 0 Å². The molecule has 1 aromatic rings. The van der Waals surface area contributed by atoms with Gasteiger partial charge in [-0.1, -0.05) is 23.4 Å². The van der Waals surface area contributed by atoms with Crippen LogP contribution in [-0.4, -0.2) is 33.6 Å². The SMILES string of the molecule is CC(C1CC1)N(C(=O)CSc1ncc(C(F)(F)F)cc1Cl)C1CC1. The van der Waals surface area contributed by atoms with Gasteiger partial charge in [0.15, 0.2) is 0 Å². The van der Waals surface area contributed by atoms with Crippen LogP contribution < -0.4 is 0 Å². The van der Waals surface area contributed by atoms with E-state index in [9.17, 15) is 18.0 Å². The number of amides is 1. The Hall–Kier alpha value is -0.950. The first-order valence-corrected chi connectivity index (χ1v) is 9.30. The highest BCUT2D eigenvalue weighted by molar-refractivity contribution is 8.00. The van der Waals surface area contributed by atoms with Crippen LogP contribution in [-0.2, 0) is 11.0 Å². The molecule has 132 valence electrons. The summed E-state index contributed by atoms with van der Waals surface area (Å²) in [6.45, 7) is 2.09. The Kier molecular flexibility index (Phi) is 5.02. The number of hydrogen-bond donors (Lipinski definition) is 0. The van der Waals surface area contributed by atoms with Gasteiger partial charge in [0, 0.05) is 18.3 Å². The van der Waals surface area contributed by atoms with Gasteiger partial charge in [0.05, 0.1) is 16.3 Å². The maximum Gasteiger partial charge on any atom is 0.417 e. The van der Waals surface area contributed by atoms with Crippen LogP contribution in [0.4, 0.5) is 13.2 Å². The summed E-state index contributed by atoms with van der Waals surface area (Å²) in [4.78, 5) is 18.3. The van der Waals surface area contributed by atoms with Crippen LogP contribution in [0.5, 0.6) is 0 Å². The summed E-state index contributed by atoms with van der Waals surface area (Å²) in [6.07, 6.45) is 0.677. The molecule has 0 radical (unpaired) electrons. The largest absolute Gasteiger partial charge is 0.417 e. The van der Waals surface area contributed by atoms with Gasteiger partial charge in [-0.25, -0.2) is 4.98 Å². The van der Waals surface area contributed by atoms with Crippen LogP contribution in [0.2, 0.25) is 5.02 Å². The molecule has 1 unspecified atom stereocenters. The van der Waals surface area contributed by atoms with Crippen LogP contribution in [0.15, 0.2) is 17.3 Å². The van der Waals surface area contributed by atoms with E-state index in [-0.39, 0.29) is 27.8 Å². The number of hydrogen-bond acceptors (Lipinski definition) is 3. The van der Waals surface area contributed by atoms with E-state index in [4.69, 9.17) is 11.6 Å². The van der Waals surface area contributed by atoms with Crippen molar-refractivity contribution in [2.75, 3.05) is 5.75 Å². The first kappa shape index (κ1) is 17.9. The molecule has 1 amide bonds. The Morgan fingerprint density at radius 2 is 2.08 bits per heavy atom. The van der Waals surface area contributed by atoms with Crippen molar-refractivity contribution in [3.05, 3.63) is 22.8 Å². The van der Waals surface area contributed by atoms with E-state index in [2.05, 4.69) is 11.9 Å². The van der Waals surface area contributed by atoms with Gasteiger partial charge in [-0.05, 0) is 44.6 Å². The van der Waals surface area contributed by atoms with Crippen molar-refractivity contribution in [2.45, 2.75) is 55.9 Å². The first-order valence-electron chi connectivity index (χ1n) is 7.94. The fourth-order valence-corrected chi connectivity index (χ4v) is 3.88. The maximum atomic E-state index is 12.6. The van der Waals surface area contributed by atoms with Crippen molar-refractivity contribution in [3.63, 3.8) is 0 Å². The standard InChI is InChI=1S/C16H18ClF3N2OS/c1-9(10-2-3-10)22(12-4-5-12)14(23)8-24-15-13(17)6-11(7-21-15)16(18,19)20/h6-7,9-10,12H,2-5,8H2,1H3. The molecule has 3 rings (SSSR count). The van der Waals surface area contributed by atoms with E-state index in [0.29, 0.717) is 12.0 Å². The van der Waals surface area contributed by atoms with Gasteiger partial charge in [-0.15, -0.1) is 0 Å². The minimum absolute atomic E-state index is 0.0136. The molecule has 2 fully saturated rings. The first-order chi connectivity index (χ1) is 11.3. The van der Waals surface area contributed by atoms with Crippen LogP contribution >= 0.6 is 23.4 Å².